The second-order valence-electron chi connectivity index (χ2n) is 6.19. The summed E-state index contributed by atoms with van der Waals surface area (Å²) in [5, 5.41) is 5.35. The van der Waals surface area contributed by atoms with E-state index >= 15 is 0 Å². The number of hydrogen-bond donors (Lipinski definition) is 2. The van der Waals surface area contributed by atoms with E-state index in [-0.39, 0.29) is 23.5 Å². The maximum atomic E-state index is 12.4. The molecular formula is C19H22N2O5. The molecule has 0 unspecified atom stereocenters. The zero-order valence-corrected chi connectivity index (χ0v) is 14.9. The lowest BCUT2D eigenvalue weighted by molar-refractivity contribution is -0.143. The average Bonchev–Trinajstić information content (AvgIpc) is 3.15. The van der Waals surface area contributed by atoms with E-state index in [1.54, 1.807) is 36.4 Å². The van der Waals surface area contributed by atoms with Crippen molar-refractivity contribution in [1.29, 1.82) is 0 Å². The molecule has 0 aliphatic heterocycles. The van der Waals surface area contributed by atoms with Crippen molar-refractivity contribution in [2.45, 2.75) is 26.3 Å². The van der Waals surface area contributed by atoms with Crippen molar-refractivity contribution in [1.82, 2.24) is 5.32 Å². The third kappa shape index (κ3) is 5.20. The smallest absolute Gasteiger partial charge is 0.328 e. The van der Waals surface area contributed by atoms with Crippen molar-refractivity contribution in [2.75, 3.05) is 12.4 Å². The van der Waals surface area contributed by atoms with Crippen LogP contribution in [0.15, 0.2) is 47.1 Å². The topological polar surface area (TPSA) is 97.6 Å². The van der Waals surface area contributed by atoms with Gasteiger partial charge in [-0.25, -0.2) is 4.79 Å². The van der Waals surface area contributed by atoms with Crippen LogP contribution in [0.2, 0.25) is 0 Å². The van der Waals surface area contributed by atoms with Crippen molar-refractivity contribution in [3.63, 3.8) is 0 Å². The van der Waals surface area contributed by atoms with Gasteiger partial charge < -0.3 is 19.8 Å². The van der Waals surface area contributed by atoms with Crippen LogP contribution in [0, 0.1) is 5.92 Å². The fourth-order valence-corrected chi connectivity index (χ4v) is 2.37. The Kier molecular flexibility index (Phi) is 6.54. The minimum absolute atomic E-state index is 0.196. The van der Waals surface area contributed by atoms with Crippen molar-refractivity contribution in [2.24, 2.45) is 5.92 Å². The highest BCUT2D eigenvalue weighted by atomic mass is 16.5. The molecule has 0 aliphatic rings. The first-order valence-electron chi connectivity index (χ1n) is 8.24. The van der Waals surface area contributed by atoms with Crippen LogP contribution in [0.4, 0.5) is 5.69 Å². The molecular weight excluding hydrogens is 336 g/mol. The maximum Gasteiger partial charge on any atom is 0.328 e. The summed E-state index contributed by atoms with van der Waals surface area (Å²) in [7, 11) is 1.29. The first-order chi connectivity index (χ1) is 12.4. The molecule has 2 N–H and O–H groups in total. The van der Waals surface area contributed by atoms with E-state index in [1.165, 1.54) is 13.4 Å². The second-order valence-corrected chi connectivity index (χ2v) is 6.19. The summed E-state index contributed by atoms with van der Waals surface area (Å²) in [5.41, 5.74) is 0.897. The number of methoxy groups -OCH3 is 1. The van der Waals surface area contributed by atoms with E-state index in [4.69, 9.17) is 9.15 Å². The molecule has 2 rings (SSSR count). The number of nitrogens with one attached hydrogen (secondary N) is 2. The van der Waals surface area contributed by atoms with E-state index in [0.29, 0.717) is 17.7 Å². The molecule has 7 nitrogen and oxygen atoms in total. The van der Waals surface area contributed by atoms with Crippen LogP contribution >= 0.6 is 0 Å². The highest BCUT2D eigenvalue weighted by Crippen LogP contribution is 2.13. The molecule has 1 aromatic heterocycles. The summed E-state index contributed by atoms with van der Waals surface area (Å²) < 4.78 is 9.76. The lowest BCUT2D eigenvalue weighted by atomic mass is 10.0. The van der Waals surface area contributed by atoms with E-state index in [0.717, 1.165) is 0 Å². The average molecular weight is 358 g/mol. The summed E-state index contributed by atoms with van der Waals surface area (Å²) >= 11 is 0. The molecule has 7 heteroatoms. The predicted octanol–water partition coefficient (Wildman–Crippen LogP) is 2.85. The zero-order valence-electron chi connectivity index (χ0n) is 14.9. The van der Waals surface area contributed by atoms with Crippen LogP contribution < -0.4 is 10.6 Å². The number of benzene rings is 1. The van der Waals surface area contributed by atoms with Gasteiger partial charge in [0.05, 0.1) is 13.4 Å². The fourth-order valence-electron chi connectivity index (χ4n) is 2.37. The molecule has 1 atom stereocenters. The SMILES string of the molecule is COC(=O)[C@H](CC(C)C)NC(=O)c1ccc(NC(=O)c2ccco2)cc1. The summed E-state index contributed by atoms with van der Waals surface area (Å²) in [6.07, 6.45) is 1.90. The summed E-state index contributed by atoms with van der Waals surface area (Å²) in [6.45, 7) is 3.91. The van der Waals surface area contributed by atoms with Gasteiger partial charge in [0.25, 0.3) is 11.8 Å². The van der Waals surface area contributed by atoms with Crippen molar-refractivity contribution >= 4 is 23.5 Å². The van der Waals surface area contributed by atoms with Crippen molar-refractivity contribution in [3.8, 4) is 0 Å². The van der Waals surface area contributed by atoms with Gasteiger partial charge in [0.15, 0.2) is 5.76 Å². The number of carbonyl (C=O) groups excluding carboxylic acids is 3. The highest BCUT2D eigenvalue weighted by molar-refractivity contribution is 6.02. The minimum atomic E-state index is -0.703. The molecule has 2 aromatic rings. The van der Waals surface area contributed by atoms with Gasteiger partial charge in [-0.15, -0.1) is 0 Å². The van der Waals surface area contributed by atoms with Crippen LogP contribution in [0.5, 0.6) is 0 Å². The van der Waals surface area contributed by atoms with Gasteiger partial charge in [-0.05, 0) is 48.7 Å². The quantitative estimate of drug-likeness (QED) is 0.742. The van der Waals surface area contributed by atoms with Crippen LogP contribution in [-0.4, -0.2) is 30.9 Å². The lowest BCUT2D eigenvalue weighted by Crippen LogP contribution is -2.42. The number of rotatable bonds is 7. The molecule has 0 saturated heterocycles. The Morgan fingerprint density at radius 2 is 1.77 bits per heavy atom. The molecule has 26 heavy (non-hydrogen) atoms. The molecule has 0 radical (unpaired) electrons. The number of amides is 2. The molecule has 1 heterocycles. The number of anilines is 1. The fraction of sp³-hybridized carbons (Fsp3) is 0.316. The Balaban J connectivity index is 2.01. The van der Waals surface area contributed by atoms with Crippen LogP contribution in [-0.2, 0) is 9.53 Å². The van der Waals surface area contributed by atoms with E-state index in [1.807, 2.05) is 13.8 Å². The highest BCUT2D eigenvalue weighted by Gasteiger charge is 2.23. The molecule has 0 spiro atoms. The third-order valence-corrected chi connectivity index (χ3v) is 3.65. The van der Waals surface area contributed by atoms with Gasteiger partial charge >= 0.3 is 5.97 Å². The minimum Gasteiger partial charge on any atom is -0.467 e. The Labute approximate surface area is 151 Å². The Morgan fingerprint density at radius 1 is 1.08 bits per heavy atom. The number of ether oxygens (including phenoxy) is 1. The first-order valence-corrected chi connectivity index (χ1v) is 8.24. The molecule has 0 fully saturated rings. The third-order valence-electron chi connectivity index (χ3n) is 3.65. The van der Waals surface area contributed by atoms with Gasteiger partial charge in [0.1, 0.15) is 6.04 Å². The van der Waals surface area contributed by atoms with Gasteiger partial charge in [-0.1, -0.05) is 13.8 Å². The maximum absolute atomic E-state index is 12.4. The number of esters is 1. The van der Waals surface area contributed by atoms with Crippen LogP contribution in [0.1, 0.15) is 41.2 Å². The normalized spacial score (nSPS) is 11.7. The molecule has 2 amide bonds. The van der Waals surface area contributed by atoms with Gasteiger partial charge in [0, 0.05) is 11.3 Å². The Morgan fingerprint density at radius 3 is 2.31 bits per heavy atom. The lowest BCUT2D eigenvalue weighted by Gasteiger charge is -2.18. The van der Waals surface area contributed by atoms with E-state index < -0.39 is 12.0 Å². The Hall–Kier alpha value is -3.09. The predicted molar refractivity (Wildman–Crippen MR) is 95.8 cm³/mol. The molecule has 0 saturated carbocycles. The Bertz CT molecular complexity index is 751. The number of hydrogen-bond acceptors (Lipinski definition) is 5. The number of carbonyl (C=O) groups is 3. The van der Waals surface area contributed by atoms with Gasteiger partial charge in [-0.3, -0.25) is 9.59 Å². The van der Waals surface area contributed by atoms with E-state index in [9.17, 15) is 14.4 Å². The first kappa shape index (κ1) is 19.2. The van der Waals surface area contributed by atoms with Crippen molar-refractivity contribution in [3.05, 3.63) is 54.0 Å². The molecule has 0 bridgehead atoms. The summed E-state index contributed by atoms with van der Waals surface area (Å²) in [6, 6.07) is 8.81. The molecule has 0 aliphatic carbocycles. The second kappa shape index (κ2) is 8.84. The molecule has 1 aromatic carbocycles. The summed E-state index contributed by atoms with van der Waals surface area (Å²) in [4.78, 5) is 36.1. The standard InChI is InChI=1S/C19H22N2O5/c1-12(2)11-15(19(24)25-3)21-17(22)13-6-8-14(9-7-13)20-18(23)16-5-4-10-26-16/h4-10,12,15H,11H2,1-3H3,(H,20,23)(H,21,22)/t15-/m0/s1. The largest absolute Gasteiger partial charge is 0.467 e. The molecule has 138 valence electrons. The van der Waals surface area contributed by atoms with Gasteiger partial charge in [-0.2, -0.15) is 0 Å². The zero-order chi connectivity index (χ0) is 19.1. The van der Waals surface area contributed by atoms with Crippen LogP contribution in [0.25, 0.3) is 0 Å². The van der Waals surface area contributed by atoms with Gasteiger partial charge in [0.2, 0.25) is 0 Å². The van der Waals surface area contributed by atoms with E-state index in [2.05, 4.69) is 10.6 Å². The monoisotopic (exact) mass is 358 g/mol. The number of furan rings is 1. The summed E-state index contributed by atoms with van der Waals surface area (Å²) in [5.74, 6) is -0.825. The van der Waals surface area contributed by atoms with Crippen LogP contribution in [0.3, 0.4) is 0 Å². The van der Waals surface area contributed by atoms with Crippen molar-refractivity contribution < 1.29 is 23.5 Å².